The third kappa shape index (κ3) is 5.98. The fraction of sp³-hybridized carbons (Fsp3) is 0.120. The largest absolute Gasteiger partial charge is 0.272 e. The molecule has 0 saturated carbocycles. The molecule has 1 N–H and O–H groups in total. The molecule has 4 aromatic rings. The van der Waals surface area contributed by atoms with Crippen molar-refractivity contribution in [2.24, 2.45) is 5.10 Å². The summed E-state index contributed by atoms with van der Waals surface area (Å²) in [4.78, 5) is 22.6. The van der Waals surface area contributed by atoms with Crippen LogP contribution in [0.1, 0.15) is 16.7 Å². The van der Waals surface area contributed by atoms with Crippen molar-refractivity contribution in [1.29, 1.82) is 0 Å². The molecule has 0 radical (unpaired) electrons. The van der Waals surface area contributed by atoms with E-state index in [9.17, 15) is 14.9 Å². The molecule has 0 saturated heterocycles. The number of nitrogens with one attached hydrogen (secondary N) is 1. The first-order chi connectivity index (χ1) is 16.9. The molecule has 1 aromatic heterocycles. The Morgan fingerprint density at radius 3 is 2.26 bits per heavy atom. The number of carbonyl (C=O) groups is 1. The van der Waals surface area contributed by atoms with E-state index in [2.05, 4.69) is 20.7 Å². The second-order valence-electron chi connectivity index (χ2n) is 7.77. The van der Waals surface area contributed by atoms with Crippen LogP contribution in [0.4, 0.5) is 5.69 Å². The number of hydrazone groups is 1. The Hall–Kier alpha value is -4.31. The van der Waals surface area contributed by atoms with Crippen molar-refractivity contribution in [1.82, 2.24) is 20.2 Å². The summed E-state index contributed by atoms with van der Waals surface area (Å²) in [5.74, 6) is 0.451. The molecule has 10 heteroatoms. The van der Waals surface area contributed by atoms with Crippen LogP contribution in [0.25, 0.3) is 17.1 Å². The smallest absolute Gasteiger partial charge is 0.269 e. The van der Waals surface area contributed by atoms with Crippen molar-refractivity contribution in [3.63, 3.8) is 0 Å². The van der Waals surface area contributed by atoms with Gasteiger partial charge in [-0.15, -0.1) is 10.2 Å². The van der Waals surface area contributed by atoms with Crippen molar-refractivity contribution in [2.45, 2.75) is 19.0 Å². The number of aryl methyl sites for hydroxylation is 2. The lowest BCUT2D eigenvalue weighted by atomic mass is 10.1. The molecule has 0 spiro atoms. The zero-order chi connectivity index (χ0) is 24.8. The first kappa shape index (κ1) is 23.8. The average molecular weight is 487 g/mol. The van der Waals surface area contributed by atoms with Gasteiger partial charge in [0.25, 0.3) is 11.6 Å². The normalized spacial score (nSPS) is 11.0. The summed E-state index contributed by atoms with van der Waals surface area (Å²) < 4.78 is 1.93. The minimum Gasteiger partial charge on any atom is -0.272 e. The maximum atomic E-state index is 12.4. The highest BCUT2D eigenvalue weighted by atomic mass is 32.2. The fourth-order valence-electron chi connectivity index (χ4n) is 3.20. The molecule has 176 valence electrons. The Bertz CT molecular complexity index is 1360. The summed E-state index contributed by atoms with van der Waals surface area (Å²) in [6, 6.07) is 21.9. The summed E-state index contributed by atoms with van der Waals surface area (Å²) in [5, 5.41) is 24.0. The summed E-state index contributed by atoms with van der Waals surface area (Å²) in [6.07, 6.45) is 1.43. The molecule has 0 bridgehead atoms. The molecule has 0 aliphatic rings. The highest BCUT2D eigenvalue weighted by Crippen LogP contribution is 2.28. The Labute approximate surface area is 206 Å². The van der Waals surface area contributed by atoms with Crippen molar-refractivity contribution in [3.05, 3.63) is 99.6 Å². The van der Waals surface area contributed by atoms with E-state index in [0.29, 0.717) is 16.5 Å². The third-order valence-corrected chi connectivity index (χ3v) is 6.00. The predicted molar refractivity (Wildman–Crippen MR) is 136 cm³/mol. The second-order valence-corrected chi connectivity index (χ2v) is 8.72. The molecule has 1 amide bonds. The number of thioether (sulfide) groups is 1. The molecule has 0 unspecified atom stereocenters. The molecule has 0 aliphatic carbocycles. The van der Waals surface area contributed by atoms with Crippen LogP contribution in [-0.2, 0) is 4.79 Å². The number of hydrogen-bond donors (Lipinski definition) is 1. The topological polar surface area (TPSA) is 115 Å². The van der Waals surface area contributed by atoms with E-state index >= 15 is 0 Å². The van der Waals surface area contributed by atoms with E-state index < -0.39 is 4.92 Å². The molecule has 1 heterocycles. The first-order valence-electron chi connectivity index (χ1n) is 10.7. The SMILES string of the molecule is Cc1ccc(-c2nnc(SCC(=O)NN=Cc3ccc([N+](=O)[O-])cc3)n2-c2ccc(C)cc2)cc1. The van der Waals surface area contributed by atoms with Gasteiger partial charge in [0.15, 0.2) is 11.0 Å². The van der Waals surface area contributed by atoms with Crippen molar-refractivity contribution < 1.29 is 9.72 Å². The number of non-ortho nitro benzene ring substituents is 1. The van der Waals surface area contributed by atoms with E-state index in [0.717, 1.165) is 22.4 Å². The van der Waals surface area contributed by atoms with Crippen LogP contribution < -0.4 is 5.43 Å². The Kier molecular flexibility index (Phi) is 7.32. The number of rotatable bonds is 8. The number of amides is 1. The highest BCUT2D eigenvalue weighted by Gasteiger charge is 2.17. The molecule has 0 aliphatic heterocycles. The van der Waals surface area contributed by atoms with Crippen LogP contribution in [0.3, 0.4) is 0 Å². The van der Waals surface area contributed by atoms with Crippen LogP contribution in [0.15, 0.2) is 83.1 Å². The zero-order valence-corrected chi connectivity index (χ0v) is 19.9. The number of hydrogen-bond acceptors (Lipinski definition) is 7. The standard InChI is InChI=1S/C25H22N6O3S/c1-17-3-9-20(10-4-17)24-28-29-25(30(24)21-11-5-18(2)6-12-21)35-16-23(32)27-26-15-19-7-13-22(14-8-19)31(33)34/h3-15H,16H2,1-2H3,(H,27,32). The molecular formula is C25H22N6O3S. The van der Waals surface area contributed by atoms with E-state index in [1.165, 1.54) is 30.1 Å². The van der Waals surface area contributed by atoms with Gasteiger partial charge in [-0.3, -0.25) is 19.5 Å². The summed E-state index contributed by atoms with van der Waals surface area (Å²) in [5.41, 5.74) is 7.20. The van der Waals surface area contributed by atoms with Gasteiger partial charge in [0.1, 0.15) is 0 Å². The Morgan fingerprint density at radius 2 is 1.63 bits per heavy atom. The van der Waals surface area contributed by atoms with Gasteiger partial charge in [-0.2, -0.15) is 5.10 Å². The van der Waals surface area contributed by atoms with Gasteiger partial charge >= 0.3 is 0 Å². The lowest BCUT2D eigenvalue weighted by Crippen LogP contribution is -2.20. The van der Waals surface area contributed by atoms with Crippen LogP contribution in [0.5, 0.6) is 0 Å². The maximum Gasteiger partial charge on any atom is 0.269 e. The molecule has 0 atom stereocenters. The Morgan fingerprint density at radius 1 is 1.00 bits per heavy atom. The number of benzene rings is 3. The van der Waals surface area contributed by atoms with Gasteiger partial charge in [-0.25, -0.2) is 5.43 Å². The Balaban J connectivity index is 1.47. The first-order valence-corrected chi connectivity index (χ1v) is 11.7. The quantitative estimate of drug-likeness (QED) is 0.167. The zero-order valence-electron chi connectivity index (χ0n) is 19.1. The van der Waals surface area contributed by atoms with Gasteiger partial charge in [0.2, 0.25) is 0 Å². The van der Waals surface area contributed by atoms with Crippen molar-refractivity contribution in [3.8, 4) is 17.1 Å². The number of aromatic nitrogens is 3. The van der Waals surface area contributed by atoms with Crippen molar-refractivity contribution >= 4 is 29.6 Å². The lowest BCUT2D eigenvalue weighted by Gasteiger charge is -2.11. The number of nitro groups is 1. The summed E-state index contributed by atoms with van der Waals surface area (Å²) >= 11 is 1.25. The molecule has 35 heavy (non-hydrogen) atoms. The molecule has 3 aromatic carbocycles. The number of nitro benzene ring substituents is 1. The van der Waals surface area contributed by atoms with Gasteiger partial charge < -0.3 is 0 Å². The third-order valence-electron chi connectivity index (χ3n) is 5.07. The van der Waals surface area contributed by atoms with Crippen molar-refractivity contribution in [2.75, 3.05) is 5.75 Å². The van der Waals surface area contributed by atoms with E-state index in [1.54, 1.807) is 12.1 Å². The molecule has 0 fully saturated rings. The van der Waals surface area contributed by atoms with Crippen LogP contribution in [-0.4, -0.2) is 37.6 Å². The van der Waals surface area contributed by atoms with Gasteiger partial charge in [0, 0.05) is 23.4 Å². The highest BCUT2D eigenvalue weighted by molar-refractivity contribution is 7.99. The monoisotopic (exact) mass is 486 g/mol. The predicted octanol–water partition coefficient (Wildman–Crippen LogP) is 4.70. The van der Waals surface area contributed by atoms with Gasteiger partial charge in [0.05, 0.1) is 16.9 Å². The minimum atomic E-state index is -0.473. The second kappa shape index (κ2) is 10.7. The van der Waals surface area contributed by atoms with E-state index in [1.807, 2.05) is 66.9 Å². The van der Waals surface area contributed by atoms with E-state index in [4.69, 9.17) is 0 Å². The summed E-state index contributed by atoms with van der Waals surface area (Å²) in [6.45, 7) is 4.05. The van der Waals surface area contributed by atoms with E-state index in [-0.39, 0.29) is 17.3 Å². The molecule has 4 rings (SSSR count). The molecule has 9 nitrogen and oxygen atoms in total. The molecular weight excluding hydrogens is 464 g/mol. The van der Waals surface area contributed by atoms with Crippen LogP contribution in [0.2, 0.25) is 0 Å². The number of nitrogens with zero attached hydrogens (tertiary/aromatic N) is 5. The lowest BCUT2D eigenvalue weighted by molar-refractivity contribution is -0.384. The van der Waals surface area contributed by atoms with Gasteiger partial charge in [-0.1, -0.05) is 59.3 Å². The minimum absolute atomic E-state index is 0.00900. The van der Waals surface area contributed by atoms with Gasteiger partial charge in [-0.05, 0) is 43.7 Å². The van der Waals surface area contributed by atoms with Crippen LogP contribution in [0, 0.1) is 24.0 Å². The maximum absolute atomic E-state index is 12.4. The fourth-order valence-corrected chi connectivity index (χ4v) is 3.95. The summed E-state index contributed by atoms with van der Waals surface area (Å²) in [7, 11) is 0. The number of carbonyl (C=O) groups excluding carboxylic acids is 1. The average Bonchev–Trinajstić information content (AvgIpc) is 3.28. The van der Waals surface area contributed by atoms with Crippen LogP contribution >= 0.6 is 11.8 Å².